The zero-order valence-corrected chi connectivity index (χ0v) is 20.3. The number of piperidine rings is 1. The zero-order chi connectivity index (χ0) is 19.6. The number of hydrogen-bond acceptors (Lipinski definition) is 4. The van der Waals surface area contributed by atoms with Crippen molar-refractivity contribution in [3.05, 3.63) is 18.2 Å². The SMILES string of the molecule is CCNC(=NCCC(C)C)NC1CCN(c2cc(OC)cc(OC)c2)CC1.I. The van der Waals surface area contributed by atoms with Crippen molar-refractivity contribution in [1.82, 2.24) is 10.6 Å². The molecule has 0 amide bonds. The summed E-state index contributed by atoms with van der Waals surface area (Å²) in [4.78, 5) is 7.11. The van der Waals surface area contributed by atoms with Gasteiger partial charge in [0.1, 0.15) is 11.5 Å². The lowest BCUT2D eigenvalue weighted by molar-refractivity contribution is 0.393. The normalized spacial score (nSPS) is 15.2. The molecule has 1 heterocycles. The van der Waals surface area contributed by atoms with Crippen LogP contribution in [0.25, 0.3) is 0 Å². The molecule has 1 aromatic carbocycles. The van der Waals surface area contributed by atoms with Gasteiger partial charge in [-0.2, -0.15) is 0 Å². The minimum Gasteiger partial charge on any atom is -0.497 e. The van der Waals surface area contributed by atoms with Gasteiger partial charge in [0.05, 0.1) is 14.2 Å². The van der Waals surface area contributed by atoms with Gasteiger partial charge in [-0.05, 0) is 32.1 Å². The van der Waals surface area contributed by atoms with Crippen molar-refractivity contribution in [2.24, 2.45) is 10.9 Å². The maximum absolute atomic E-state index is 5.40. The number of benzene rings is 1. The Morgan fingerprint density at radius 3 is 2.25 bits per heavy atom. The summed E-state index contributed by atoms with van der Waals surface area (Å²) in [6.07, 6.45) is 3.27. The van der Waals surface area contributed by atoms with Crippen molar-refractivity contribution < 1.29 is 9.47 Å². The maximum Gasteiger partial charge on any atom is 0.191 e. The minimum atomic E-state index is 0. The summed E-state index contributed by atoms with van der Waals surface area (Å²) in [7, 11) is 3.38. The average Bonchev–Trinajstić information content (AvgIpc) is 2.68. The minimum absolute atomic E-state index is 0. The van der Waals surface area contributed by atoms with Crippen LogP contribution in [0.15, 0.2) is 23.2 Å². The van der Waals surface area contributed by atoms with E-state index in [1.807, 2.05) is 6.07 Å². The predicted molar refractivity (Wildman–Crippen MR) is 129 cm³/mol. The number of nitrogens with one attached hydrogen (secondary N) is 2. The Hall–Kier alpha value is -1.38. The molecule has 160 valence electrons. The molecule has 0 unspecified atom stereocenters. The van der Waals surface area contributed by atoms with Crippen LogP contribution >= 0.6 is 24.0 Å². The van der Waals surface area contributed by atoms with Crippen LogP contribution in [0.3, 0.4) is 0 Å². The highest BCUT2D eigenvalue weighted by Crippen LogP contribution is 2.30. The molecule has 1 aliphatic heterocycles. The van der Waals surface area contributed by atoms with Gasteiger partial charge in [0.25, 0.3) is 0 Å². The molecule has 0 saturated carbocycles. The molecule has 6 nitrogen and oxygen atoms in total. The number of methoxy groups -OCH3 is 2. The van der Waals surface area contributed by atoms with E-state index in [2.05, 4.69) is 48.4 Å². The Labute approximate surface area is 187 Å². The molecule has 2 N–H and O–H groups in total. The number of rotatable bonds is 8. The fourth-order valence-electron chi connectivity index (χ4n) is 3.20. The van der Waals surface area contributed by atoms with Gasteiger partial charge in [-0.15, -0.1) is 24.0 Å². The Balaban J connectivity index is 0.00000392. The fourth-order valence-corrected chi connectivity index (χ4v) is 3.20. The molecule has 7 heteroatoms. The molecule has 1 aromatic rings. The molecule has 1 aliphatic rings. The van der Waals surface area contributed by atoms with Gasteiger partial charge >= 0.3 is 0 Å². The lowest BCUT2D eigenvalue weighted by atomic mass is 10.0. The van der Waals surface area contributed by atoms with Crippen LogP contribution in [0.5, 0.6) is 11.5 Å². The second kappa shape index (κ2) is 13.0. The van der Waals surface area contributed by atoms with Gasteiger partial charge in [0.2, 0.25) is 0 Å². The third-order valence-corrected chi connectivity index (χ3v) is 4.86. The topological polar surface area (TPSA) is 58.1 Å². The Kier molecular flexibility index (Phi) is 11.4. The van der Waals surface area contributed by atoms with Crippen molar-refractivity contribution in [2.45, 2.75) is 46.1 Å². The lowest BCUT2D eigenvalue weighted by Gasteiger charge is -2.34. The van der Waals surface area contributed by atoms with Crippen LogP contribution in [-0.2, 0) is 0 Å². The van der Waals surface area contributed by atoms with E-state index in [0.29, 0.717) is 12.0 Å². The van der Waals surface area contributed by atoms with E-state index in [1.165, 1.54) is 0 Å². The molecular weight excluding hydrogens is 467 g/mol. The van der Waals surface area contributed by atoms with Crippen LogP contribution in [0.2, 0.25) is 0 Å². The van der Waals surface area contributed by atoms with E-state index in [0.717, 1.165) is 68.6 Å². The monoisotopic (exact) mass is 504 g/mol. The third-order valence-electron chi connectivity index (χ3n) is 4.86. The van der Waals surface area contributed by atoms with Crippen LogP contribution < -0.4 is 25.0 Å². The highest BCUT2D eigenvalue weighted by molar-refractivity contribution is 14.0. The summed E-state index contributed by atoms with van der Waals surface area (Å²) >= 11 is 0. The van der Waals surface area contributed by atoms with E-state index >= 15 is 0 Å². The number of ether oxygens (including phenoxy) is 2. The summed E-state index contributed by atoms with van der Waals surface area (Å²) in [5.74, 6) is 3.28. The molecule has 0 spiro atoms. The van der Waals surface area contributed by atoms with Crippen LogP contribution in [0.1, 0.15) is 40.0 Å². The Morgan fingerprint density at radius 1 is 1.14 bits per heavy atom. The first-order chi connectivity index (χ1) is 13.0. The predicted octanol–water partition coefficient (Wildman–Crippen LogP) is 3.89. The van der Waals surface area contributed by atoms with Gasteiger partial charge in [-0.25, -0.2) is 0 Å². The van der Waals surface area contributed by atoms with E-state index in [-0.39, 0.29) is 24.0 Å². The quantitative estimate of drug-likeness (QED) is 0.320. The smallest absolute Gasteiger partial charge is 0.191 e. The van der Waals surface area contributed by atoms with Crippen molar-refractivity contribution in [2.75, 3.05) is 45.3 Å². The first kappa shape index (κ1) is 24.7. The molecule has 1 fully saturated rings. The number of nitrogens with zero attached hydrogens (tertiary/aromatic N) is 2. The van der Waals surface area contributed by atoms with Crippen molar-refractivity contribution in [3.63, 3.8) is 0 Å². The van der Waals surface area contributed by atoms with Gasteiger partial charge in [-0.1, -0.05) is 13.8 Å². The van der Waals surface area contributed by atoms with Gasteiger partial charge in [0.15, 0.2) is 5.96 Å². The third kappa shape index (κ3) is 7.93. The molecular formula is C21H37IN4O2. The lowest BCUT2D eigenvalue weighted by Crippen LogP contribution is -2.48. The van der Waals surface area contributed by atoms with Crippen LogP contribution in [0, 0.1) is 5.92 Å². The van der Waals surface area contributed by atoms with Crippen LogP contribution in [-0.4, -0.2) is 52.4 Å². The van der Waals surface area contributed by atoms with Crippen LogP contribution in [0.4, 0.5) is 5.69 Å². The zero-order valence-electron chi connectivity index (χ0n) is 18.0. The van der Waals surface area contributed by atoms with E-state index < -0.39 is 0 Å². The second-order valence-electron chi connectivity index (χ2n) is 7.42. The van der Waals surface area contributed by atoms with E-state index in [4.69, 9.17) is 14.5 Å². The van der Waals surface area contributed by atoms with Crippen molar-refractivity contribution in [3.8, 4) is 11.5 Å². The molecule has 0 aliphatic carbocycles. The standard InChI is InChI=1S/C21H36N4O2.HI/c1-6-22-21(23-10-7-16(2)3)24-17-8-11-25(12-9-17)18-13-19(26-4)15-20(14-18)27-5;/h13-17H,6-12H2,1-5H3,(H2,22,23,24);1H. The molecule has 2 rings (SSSR count). The van der Waals surface area contributed by atoms with Gasteiger partial charge < -0.3 is 25.0 Å². The number of guanidine groups is 1. The second-order valence-corrected chi connectivity index (χ2v) is 7.42. The molecule has 0 radical (unpaired) electrons. The summed E-state index contributed by atoms with van der Waals surface area (Å²) in [6, 6.07) is 6.51. The van der Waals surface area contributed by atoms with Crippen molar-refractivity contribution >= 4 is 35.6 Å². The molecule has 0 atom stereocenters. The number of halogens is 1. The summed E-state index contributed by atoms with van der Waals surface area (Å²) in [5.41, 5.74) is 1.15. The highest BCUT2D eigenvalue weighted by Gasteiger charge is 2.21. The number of aliphatic imine (C=N–C) groups is 1. The van der Waals surface area contributed by atoms with E-state index in [1.54, 1.807) is 14.2 Å². The van der Waals surface area contributed by atoms with Gasteiger partial charge in [-0.3, -0.25) is 4.99 Å². The van der Waals surface area contributed by atoms with E-state index in [9.17, 15) is 0 Å². The largest absolute Gasteiger partial charge is 0.497 e. The van der Waals surface area contributed by atoms with Gasteiger partial charge in [0, 0.05) is 56.1 Å². The number of anilines is 1. The summed E-state index contributed by atoms with van der Waals surface area (Å²) in [6.45, 7) is 10.3. The average molecular weight is 504 g/mol. The molecule has 0 aromatic heterocycles. The maximum atomic E-state index is 5.40. The molecule has 0 bridgehead atoms. The molecule has 28 heavy (non-hydrogen) atoms. The van der Waals surface area contributed by atoms with Crippen molar-refractivity contribution in [1.29, 1.82) is 0 Å². The Morgan fingerprint density at radius 2 is 1.75 bits per heavy atom. The number of hydrogen-bond donors (Lipinski definition) is 2. The summed E-state index contributed by atoms with van der Waals surface area (Å²) in [5, 5.41) is 6.98. The fraction of sp³-hybridized carbons (Fsp3) is 0.667. The first-order valence-electron chi connectivity index (χ1n) is 10.1. The highest BCUT2D eigenvalue weighted by atomic mass is 127. The Bertz CT molecular complexity index is 580. The molecule has 1 saturated heterocycles. The summed E-state index contributed by atoms with van der Waals surface area (Å²) < 4.78 is 10.8. The first-order valence-corrected chi connectivity index (χ1v) is 10.1.